The predicted octanol–water partition coefficient (Wildman–Crippen LogP) is 2.02. The molecule has 136 valence electrons. The van der Waals surface area contributed by atoms with Gasteiger partial charge < -0.3 is 10.6 Å². The Bertz CT molecular complexity index is 871. The number of carbonyl (C=O) groups is 2. The minimum absolute atomic E-state index is 0.0376. The zero-order valence-corrected chi connectivity index (χ0v) is 13.9. The molecule has 0 radical (unpaired) electrons. The zero-order valence-electron chi connectivity index (χ0n) is 13.1. The minimum Gasteiger partial charge on any atom is -0.344 e. The SMILES string of the molecule is C#CCNC(=O)CNC(=O)c1cnn(-c2cccc(Cl)c2)c1C(F)(F)F. The highest BCUT2D eigenvalue weighted by Gasteiger charge is 2.40. The third-order valence-electron chi connectivity index (χ3n) is 3.13. The molecule has 2 rings (SSSR count). The first-order chi connectivity index (χ1) is 12.2. The average Bonchev–Trinajstić information content (AvgIpc) is 3.03. The molecule has 0 saturated carbocycles. The lowest BCUT2D eigenvalue weighted by Crippen LogP contribution is -2.37. The molecule has 0 aliphatic carbocycles. The first-order valence-electron chi connectivity index (χ1n) is 7.13. The molecule has 2 aromatic rings. The molecule has 0 atom stereocenters. The molecule has 1 aromatic heterocycles. The zero-order chi connectivity index (χ0) is 19.3. The van der Waals surface area contributed by atoms with Crippen LogP contribution in [-0.2, 0) is 11.0 Å². The van der Waals surface area contributed by atoms with E-state index in [2.05, 4.69) is 21.7 Å². The summed E-state index contributed by atoms with van der Waals surface area (Å²) in [5.41, 5.74) is -1.96. The van der Waals surface area contributed by atoms with Crippen LogP contribution in [0.2, 0.25) is 5.02 Å². The van der Waals surface area contributed by atoms with Crippen LogP contribution in [0.4, 0.5) is 13.2 Å². The summed E-state index contributed by atoms with van der Waals surface area (Å²) < 4.78 is 41.0. The molecule has 0 aliphatic heterocycles. The van der Waals surface area contributed by atoms with Gasteiger partial charge in [-0.1, -0.05) is 23.6 Å². The molecule has 10 heteroatoms. The number of hydrogen-bond donors (Lipinski definition) is 2. The van der Waals surface area contributed by atoms with Crippen LogP contribution < -0.4 is 10.6 Å². The highest BCUT2D eigenvalue weighted by Crippen LogP contribution is 2.34. The van der Waals surface area contributed by atoms with Gasteiger partial charge in [-0.2, -0.15) is 18.3 Å². The van der Waals surface area contributed by atoms with Crippen molar-refractivity contribution in [2.24, 2.45) is 0 Å². The van der Waals surface area contributed by atoms with Crippen LogP contribution in [0.15, 0.2) is 30.5 Å². The number of terminal acetylenes is 1. The van der Waals surface area contributed by atoms with E-state index < -0.39 is 35.8 Å². The molecule has 6 nitrogen and oxygen atoms in total. The Labute approximate surface area is 151 Å². The number of hydrogen-bond acceptors (Lipinski definition) is 3. The molecule has 1 heterocycles. The number of benzene rings is 1. The number of amides is 2. The van der Waals surface area contributed by atoms with Gasteiger partial charge in [0.15, 0.2) is 5.69 Å². The number of alkyl halides is 3. The lowest BCUT2D eigenvalue weighted by molar-refractivity contribution is -0.143. The van der Waals surface area contributed by atoms with Crippen LogP contribution in [0.5, 0.6) is 0 Å². The van der Waals surface area contributed by atoms with E-state index in [9.17, 15) is 22.8 Å². The Morgan fingerprint density at radius 1 is 1.31 bits per heavy atom. The second-order valence-corrected chi connectivity index (χ2v) is 5.40. The molecule has 0 spiro atoms. The lowest BCUT2D eigenvalue weighted by Gasteiger charge is -2.13. The summed E-state index contributed by atoms with van der Waals surface area (Å²) in [6, 6.07) is 5.58. The van der Waals surface area contributed by atoms with Crippen molar-refractivity contribution in [3.05, 3.63) is 46.7 Å². The Balaban J connectivity index is 2.31. The summed E-state index contributed by atoms with van der Waals surface area (Å²) in [6.45, 7) is -0.588. The number of carbonyl (C=O) groups excluding carboxylic acids is 2. The van der Waals surface area contributed by atoms with Crippen molar-refractivity contribution in [2.45, 2.75) is 6.18 Å². The average molecular weight is 385 g/mol. The topological polar surface area (TPSA) is 76.0 Å². The molecule has 0 saturated heterocycles. The van der Waals surface area contributed by atoms with E-state index >= 15 is 0 Å². The van der Waals surface area contributed by atoms with E-state index in [1.807, 2.05) is 0 Å². The monoisotopic (exact) mass is 384 g/mol. The number of halogens is 4. The summed E-state index contributed by atoms with van der Waals surface area (Å²) in [6.07, 6.45) is 0.875. The standard InChI is InChI=1S/C16H12ClF3N4O2/c1-2-6-21-13(25)9-22-15(26)12-8-23-24(14(12)16(18,19)20)11-5-3-4-10(17)7-11/h1,3-5,7-8H,6,9H2,(H,21,25)(H,22,26). The number of aromatic nitrogens is 2. The number of nitrogens with one attached hydrogen (secondary N) is 2. The van der Waals surface area contributed by atoms with E-state index in [1.54, 1.807) is 0 Å². The second-order valence-electron chi connectivity index (χ2n) is 4.96. The normalized spacial score (nSPS) is 10.9. The van der Waals surface area contributed by atoms with Crippen LogP contribution in [0, 0.1) is 12.3 Å². The first-order valence-corrected chi connectivity index (χ1v) is 7.51. The van der Waals surface area contributed by atoms with Gasteiger partial charge in [-0.05, 0) is 18.2 Å². The fourth-order valence-corrected chi connectivity index (χ4v) is 2.24. The maximum absolute atomic E-state index is 13.5. The first kappa shape index (κ1) is 19.3. The summed E-state index contributed by atoms with van der Waals surface area (Å²) >= 11 is 5.80. The third kappa shape index (κ3) is 4.55. The van der Waals surface area contributed by atoms with Gasteiger partial charge >= 0.3 is 6.18 Å². The summed E-state index contributed by atoms with van der Waals surface area (Å²) in [5.74, 6) is 0.427. The van der Waals surface area contributed by atoms with Crippen LogP contribution in [0.25, 0.3) is 5.69 Å². The van der Waals surface area contributed by atoms with Crippen molar-refractivity contribution in [1.82, 2.24) is 20.4 Å². The van der Waals surface area contributed by atoms with Crippen molar-refractivity contribution in [3.8, 4) is 18.0 Å². The van der Waals surface area contributed by atoms with Crippen LogP contribution in [-0.4, -0.2) is 34.7 Å². The number of nitrogens with zero attached hydrogens (tertiary/aromatic N) is 2. The fraction of sp³-hybridized carbons (Fsp3) is 0.188. The molecule has 26 heavy (non-hydrogen) atoms. The molecule has 0 unspecified atom stereocenters. The Kier molecular flexibility index (Phi) is 5.90. The highest BCUT2D eigenvalue weighted by molar-refractivity contribution is 6.30. The molecule has 2 N–H and O–H groups in total. The van der Waals surface area contributed by atoms with Gasteiger partial charge in [0.25, 0.3) is 5.91 Å². The number of rotatable bonds is 5. The summed E-state index contributed by atoms with van der Waals surface area (Å²) in [5, 5.41) is 8.22. The molecule has 2 amide bonds. The molecular weight excluding hydrogens is 373 g/mol. The van der Waals surface area contributed by atoms with E-state index in [4.69, 9.17) is 18.0 Å². The van der Waals surface area contributed by atoms with Crippen LogP contribution >= 0.6 is 11.6 Å². The van der Waals surface area contributed by atoms with Gasteiger partial charge in [0.1, 0.15) is 0 Å². The van der Waals surface area contributed by atoms with Crippen molar-refractivity contribution < 1.29 is 22.8 Å². The lowest BCUT2D eigenvalue weighted by atomic mass is 10.2. The van der Waals surface area contributed by atoms with Gasteiger partial charge in [-0.15, -0.1) is 6.42 Å². The Morgan fingerprint density at radius 3 is 2.65 bits per heavy atom. The van der Waals surface area contributed by atoms with Gasteiger partial charge in [-0.25, -0.2) is 4.68 Å². The summed E-state index contributed by atoms with van der Waals surface area (Å²) in [4.78, 5) is 23.5. The van der Waals surface area contributed by atoms with E-state index in [0.29, 0.717) is 4.68 Å². The van der Waals surface area contributed by atoms with E-state index in [-0.39, 0.29) is 17.3 Å². The maximum Gasteiger partial charge on any atom is 0.434 e. The van der Waals surface area contributed by atoms with Crippen molar-refractivity contribution in [3.63, 3.8) is 0 Å². The molecule has 0 bridgehead atoms. The third-order valence-corrected chi connectivity index (χ3v) is 3.37. The van der Waals surface area contributed by atoms with Gasteiger partial charge in [0.05, 0.1) is 30.5 Å². The fourth-order valence-electron chi connectivity index (χ4n) is 2.06. The Morgan fingerprint density at radius 2 is 2.04 bits per heavy atom. The van der Waals surface area contributed by atoms with Crippen molar-refractivity contribution in [1.29, 1.82) is 0 Å². The molecular formula is C16H12ClF3N4O2. The molecule has 0 fully saturated rings. The maximum atomic E-state index is 13.5. The van der Waals surface area contributed by atoms with Gasteiger partial charge in [-0.3, -0.25) is 9.59 Å². The Hall–Kier alpha value is -2.99. The van der Waals surface area contributed by atoms with E-state index in [1.165, 1.54) is 24.3 Å². The smallest absolute Gasteiger partial charge is 0.344 e. The van der Waals surface area contributed by atoms with Gasteiger partial charge in [0.2, 0.25) is 5.91 Å². The van der Waals surface area contributed by atoms with Gasteiger partial charge in [0, 0.05) is 5.02 Å². The van der Waals surface area contributed by atoms with Crippen molar-refractivity contribution in [2.75, 3.05) is 13.1 Å². The predicted molar refractivity (Wildman–Crippen MR) is 87.8 cm³/mol. The van der Waals surface area contributed by atoms with Crippen LogP contribution in [0.1, 0.15) is 16.1 Å². The largest absolute Gasteiger partial charge is 0.434 e. The minimum atomic E-state index is -4.86. The quantitative estimate of drug-likeness (QED) is 0.774. The molecule has 1 aromatic carbocycles. The van der Waals surface area contributed by atoms with E-state index in [0.717, 1.165) is 6.20 Å². The second kappa shape index (κ2) is 7.93. The van der Waals surface area contributed by atoms with Crippen molar-refractivity contribution >= 4 is 23.4 Å². The highest BCUT2D eigenvalue weighted by atomic mass is 35.5. The molecule has 0 aliphatic rings. The van der Waals surface area contributed by atoms with Crippen LogP contribution in [0.3, 0.4) is 0 Å². The summed E-state index contributed by atoms with van der Waals surface area (Å²) in [7, 11) is 0.